The van der Waals surface area contributed by atoms with Crippen molar-refractivity contribution in [3.05, 3.63) is 86.1 Å². The van der Waals surface area contributed by atoms with Gasteiger partial charge in [0, 0.05) is 13.1 Å². The van der Waals surface area contributed by atoms with Crippen LogP contribution in [0.4, 0.5) is 5.82 Å². The van der Waals surface area contributed by atoms with Crippen LogP contribution in [0.2, 0.25) is 0 Å². The van der Waals surface area contributed by atoms with Gasteiger partial charge in [0.1, 0.15) is 11.6 Å². The number of hydrogen-bond donors (Lipinski definition) is 2. The van der Waals surface area contributed by atoms with Gasteiger partial charge in [-0.2, -0.15) is 5.10 Å². The summed E-state index contributed by atoms with van der Waals surface area (Å²) >= 11 is 0. The fraction of sp³-hybridized carbons (Fsp3) is 0.150. The van der Waals surface area contributed by atoms with E-state index in [9.17, 15) is 14.7 Å². The number of benzene rings is 2. The Bertz CT molecular complexity index is 1110. The van der Waals surface area contributed by atoms with Crippen molar-refractivity contribution in [3.8, 4) is 11.4 Å². The van der Waals surface area contributed by atoms with Gasteiger partial charge in [-0.15, -0.1) is 0 Å². The van der Waals surface area contributed by atoms with Crippen LogP contribution in [-0.4, -0.2) is 20.5 Å². The number of aromatic hydroxyl groups is 1. The van der Waals surface area contributed by atoms with E-state index >= 15 is 0 Å². The molecule has 3 rings (SSSR count). The number of rotatable bonds is 4. The molecule has 0 amide bonds. The molecule has 0 bridgehead atoms. The smallest absolute Gasteiger partial charge is 0.336 e. The molecule has 138 valence electrons. The molecule has 0 aliphatic carbocycles. The third kappa shape index (κ3) is 3.67. The maximum absolute atomic E-state index is 12.6. The van der Waals surface area contributed by atoms with Gasteiger partial charge in [-0.25, -0.2) is 9.36 Å². The second-order valence-corrected chi connectivity index (χ2v) is 6.25. The molecule has 2 aromatic carbocycles. The highest BCUT2D eigenvalue weighted by Gasteiger charge is 2.10. The van der Waals surface area contributed by atoms with E-state index < -0.39 is 11.2 Å². The Morgan fingerprint density at radius 1 is 1.04 bits per heavy atom. The molecule has 2 N–H and O–H groups in total. The Morgan fingerprint density at radius 3 is 2.30 bits per heavy atom. The molecule has 1 aromatic heterocycles. The molecule has 0 aliphatic heterocycles. The van der Waals surface area contributed by atoms with Crippen molar-refractivity contribution < 1.29 is 5.11 Å². The monoisotopic (exact) mass is 364 g/mol. The molecule has 0 saturated carbocycles. The molecule has 7 heteroatoms. The summed E-state index contributed by atoms with van der Waals surface area (Å²) in [5.41, 5.74) is 4.77. The Kier molecular flexibility index (Phi) is 4.94. The molecule has 0 saturated heterocycles. The summed E-state index contributed by atoms with van der Waals surface area (Å²) in [5.74, 6) is 0.516. The lowest BCUT2D eigenvalue weighted by molar-refractivity contribution is 0.467. The molecular formula is C20H20N4O3. The third-order valence-corrected chi connectivity index (χ3v) is 4.23. The molecule has 0 unspecified atom stereocenters. The normalized spacial score (nSPS) is 11.1. The standard InChI is InChI=1S/C20H20N4O3/c1-13-9-15(10-14(2)19(13)26)12-21-22-17-11-18(25)23(3)20(27)24(17)16-7-5-4-6-8-16/h4-12,22,26H,1-3H3/b21-12+. The van der Waals surface area contributed by atoms with Gasteiger partial charge in [0.15, 0.2) is 0 Å². The number of aryl methyl sites for hydroxylation is 2. The number of hydrogen-bond acceptors (Lipinski definition) is 5. The third-order valence-electron chi connectivity index (χ3n) is 4.23. The first-order chi connectivity index (χ1) is 12.9. The lowest BCUT2D eigenvalue weighted by Crippen LogP contribution is -2.37. The minimum atomic E-state index is -0.470. The first kappa shape index (κ1) is 18.2. The zero-order valence-electron chi connectivity index (χ0n) is 15.3. The van der Waals surface area contributed by atoms with E-state index in [1.54, 1.807) is 44.3 Å². The van der Waals surface area contributed by atoms with Crippen molar-refractivity contribution in [2.24, 2.45) is 12.1 Å². The van der Waals surface area contributed by atoms with E-state index in [1.807, 2.05) is 18.2 Å². The zero-order chi connectivity index (χ0) is 19.6. The van der Waals surface area contributed by atoms with E-state index in [2.05, 4.69) is 10.5 Å². The van der Waals surface area contributed by atoms with Gasteiger partial charge in [-0.3, -0.25) is 14.8 Å². The Morgan fingerprint density at radius 2 is 1.67 bits per heavy atom. The van der Waals surface area contributed by atoms with E-state index in [1.165, 1.54) is 17.7 Å². The van der Waals surface area contributed by atoms with Crippen LogP contribution in [0.5, 0.6) is 5.75 Å². The number of nitrogens with one attached hydrogen (secondary N) is 1. The average Bonchev–Trinajstić information content (AvgIpc) is 2.65. The van der Waals surface area contributed by atoms with Crippen LogP contribution in [0.3, 0.4) is 0 Å². The Balaban J connectivity index is 2.00. The van der Waals surface area contributed by atoms with Crippen molar-refractivity contribution in [2.45, 2.75) is 13.8 Å². The molecule has 7 nitrogen and oxygen atoms in total. The summed E-state index contributed by atoms with van der Waals surface area (Å²) in [6.45, 7) is 3.61. The van der Waals surface area contributed by atoms with E-state index in [0.29, 0.717) is 5.69 Å². The molecule has 0 aliphatic rings. The van der Waals surface area contributed by atoms with Crippen LogP contribution in [0.1, 0.15) is 16.7 Å². The minimum Gasteiger partial charge on any atom is -0.507 e. The van der Waals surface area contributed by atoms with Gasteiger partial charge in [0.2, 0.25) is 0 Å². The van der Waals surface area contributed by atoms with E-state index in [-0.39, 0.29) is 11.6 Å². The Labute approximate surface area is 155 Å². The van der Waals surface area contributed by atoms with Gasteiger partial charge in [-0.05, 0) is 54.8 Å². The van der Waals surface area contributed by atoms with E-state index in [0.717, 1.165) is 21.3 Å². The zero-order valence-corrected chi connectivity index (χ0v) is 15.3. The number of phenolic OH excluding ortho intramolecular Hbond substituents is 1. The topological polar surface area (TPSA) is 88.6 Å². The highest BCUT2D eigenvalue weighted by Crippen LogP contribution is 2.22. The highest BCUT2D eigenvalue weighted by molar-refractivity contribution is 5.81. The van der Waals surface area contributed by atoms with E-state index in [4.69, 9.17) is 0 Å². The fourth-order valence-corrected chi connectivity index (χ4v) is 2.77. The lowest BCUT2D eigenvalue weighted by Gasteiger charge is -2.13. The molecule has 1 heterocycles. The number of anilines is 1. The van der Waals surface area contributed by atoms with Gasteiger partial charge in [-0.1, -0.05) is 18.2 Å². The summed E-state index contributed by atoms with van der Waals surface area (Å²) in [7, 11) is 1.43. The van der Waals surface area contributed by atoms with Gasteiger partial charge in [0.25, 0.3) is 5.56 Å². The van der Waals surface area contributed by atoms with Crippen LogP contribution in [-0.2, 0) is 7.05 Å². The second kappa shape index (κ2) is 7.33. The highest BCUT2D eigenvalue weighted by atomic mass is 16.3. The minimum absolute atomic E-state index is 0.254. The molecule has 27 heavy (non-hydrogen) atoms. The van der Waals surface area contributed by atoms with Crippen molar-refractivity contribution >= 4 is 12.0 Å². The van der Waals surface area contributed by atoms with Gasteiger partial charge < -0.3 is 5.11 Å². The van der Waals surface area contributed by atoms with Crippen molar-refractivity contribution in [2.75, 3.05) is 5.43 Å². The van der Waals surface area contributed by atoms with Gasteiger partial charge in [0.05, 0.1) is 11.9 Å². The fourth-order valence-electron chi connectivity index (χ4n) is 2.77. The number of nitrogens with zero attached hydrogens (tertiary/aromatic N) is 3. The first-order valence-electron chi connectivity index (χ1n) is 8.36. The molecule has 0 spiro atoms. The first-order valence-corrected chi connectivity index (χ1v) is 8.36. The van der Waals surface area contributed by atoms with Crippen molar-refractivity contribution in [3.63, 3.8) is 0 Å². The lowest BCUT2D eigenvalue weighted by atomic mass is 10.1. The number of hydrazone groups is 1. The molecular weight excluding hydrogens is 344 g/mol. The maximum atomic E-state index is 12.6. The van der Waals surface area contributed by atoms with Crippen LogP contribution in [0, 0.1) is 13.8 Å². The predicted octanol–water partition coefficient (Wildman–Crippen LogP) is 2.30. The average molecular weight is 364 g/mol. The SMILES string of the molecule is Cc1cc(/C=N/Nc2cc(=O)n(C)c(=O)n2-c2ccccc2)cc(C)c1O. The molecule has 0 fully saturated rings. The number of para-hydroxylation sites is 1. The van der Waals surface area contributed by atoms with Crippen LogP contribution >= 0.6 is 0 Å². The molecule has 0 atom stereocenters. The summed E-state index contributed by atoms with van der Waals surface area (Å²) in [4.78, 5) is 24.6. The molecule has 3 aromatic rings. The van der Waals surface area contributed by atoms with Crippen LogP contribution < -0.4 is 16.7 Å². The van der Waals surface area contributed by atoms with Crippen molar-refractivity contribution in [1.29, 1.82) is 0 Å². The summed E-state index contributed by atoms with van der Waals surface area (Å²) in [5, 5.41) is 14.0. The largest absolute Gasteiger partial charge is 0.507 e. The van der Waals surface area contributed by atoms with Gasteiger partial charge >= 0.3 is 5.69 Å². The van der Waals surface area contributed by atoms with Crippen LogP contribution in [0.25, 0.3) is 5.69 Å². The summed E-state index contributed by atoms with van der Waals surface area (Å²) in [6, 6.07) is 13.9. The quantitative estimate of drug-likeness (QED) is 0.549. The maximum Gasteiger partial charge on any atom is 0.336 e. The molecule has 0 radical (unpaired) electrons. The van der Waals surface area contributed by atoms with Crippen molar-refractivity contribution in [1.82, 2.24) is 9.13 Å². The number of aromatic nitrogens is 2. The number of phenols is 1. The second-order valence-electron chi connectivity index (χ2n) is 6.25. The summed E-state index contributed by atoms with van der Waals surface area (Å²) in [6.07, 6.45) is 1.57. The Hall–Kier alpha value is -3.61. The summed E-state index contributed by atoms with van der Waals surface area (Å²) < 4.78 is 2.42. The van der Waals surface area contributed by atoms with Crippen LogP contribution in [0.15, 0.2) is 63.2 Å². The predicted molar refractivity (Wildman–Crippen MR) is 106 cm³/mol.